The molecule has 0 N–H and O–H groups in total. The van der Waals surface area contributed by atoms with Gasteiger partial charge in [0.25, 0.3) is 0 Å². The first-order valence-electron chi connectivity index (χ1n) is 10.9. The fraction of sp³-hybridized carbons (Fsp3) is 0.346. The van der Waals surface area contributed by atoms with E-state index in [0.29, 0.717) is 6.42 Å². The lowest BCUT2D eigenvalue weighted by molar-refractivity contribution is -0.0133. The lowest BCUT2D eigenvalue weighted by Crippen LogP contribution is -2.47. The van der Waals surface area contributed by atoms with Crippen LogP contribution in [-0.4, -0.2) is 25.5 Å². The lowest BCUT2D eigenvalue weighted by atomic mass is 9.98. The minimum absolute atomic E-state index is 0.198. The van der Waals surface area contributed by atoms with Crippen LogP contribution in [0, 0.1) is 0 Å². The summed E-state index contributed by atoms with van der Waals surface area (Å²) < 4.78 is 12.2. The first kappa shape index (κ1) is 23.0. The highest BCUT2D eigenvalue weighted by atomic mass is 28.4. The summed E-state index contributed by atoms with van der Waals surface area (Å²) in [6.07, 6.45) is -0.00176. The standard InChI is InChI=1S/C26H33NO3Si/c1-6-25(30-31(3,4)5)27(26(28)29-19-21-13-8-7-9-14-21)20(2)23-18-12-16-22-15-10-11-17-24(22)23/h7-18,20,25H,6,19H2,1-5H3/t20-,25?/m0/s1. The van der Waals surface area contributed by atoms with Crippen LogP contribution in [0.25, 0.3) is 10.8 Å². The number of nitrogens with zero attached hydrogens (tertiary/aromatic N) is 1. The number of rotatable bonds is 8. The molecule has 0 aliphatic heterocycles. The van der Waals surface area contributed by atoms with Crippen molar-refractivity contribution in [2.24, 2.45) is 0 Å². The predicted octanol–water partition coefficient (Wildman–Crippen LogP) is 7.13. The maximum Gasteiger partial charge on any atom is 0.412 e. The fourth-order valence-electron chi connectivity index (χ4n) is 3.83. The van der Waals surface area contributed by atoms with E-state index in [4.69, 9.17) is 9.16 Å². The molecule has 0 saturated heterocycles. The molecule has 3 rings (SSSR count). The van der Waals surface area contributed by atoms with E-state index in [2.05, 4.69) is 57.8 Å². The number of fused-ring (bicyclic) bond motifs is 1. The summed E-state index contributed by atoms with van der Waals surface area (Å²) >= 11 is 0. The zero-order valence-electron chi connectivity index (χ0n) is 19.2. The molecule has 0 saturated carbocycles. The molecule has 164 valence electrons. The Morgan fingerprint density at radius 1 is 0.935 bits per heavy atom. The van der Waals surface area contributed by atoms with Gasteiger partial charge in [0, 0.05) is 0 Å². The zero-order chi connectivity index (χ0) is 22.4. The van der Waals surface area contributed by atoms with Crippen LogP contribution in [0.1, 0.15) is 37.4 Å². The summed E-state index contributed by atoms with van der Waals surface area (Å²) in [5.41, 5.74) is 2.06. The summed E-state index contributed by atoms with van der Waals surface area (Å²) in [6.45, 7) is 10.8. The van der Waals surface area contributed by atoms with Crippen molar-refractivity contribution in [3.05, 3.63) is 83.9 Å². The van der Waals surface area contributed by atoms with Crippen LogP contribution in [0.3, 0.4) is 0 Å². The summed E-state index contributed by atoms with van der Waals surface area (Å²) in [6, 6.07) is 24.1. The maximum atomic E-state index is 13.4. The molecule has 4 nitrogen and oxygen atoms in total. The number of hydrogen-bond donors (Lipinski definition) is 0. The van der Waals surface area contributed by atoms with Gasteiger partial charge in [-0.1, -0.05) is 79.7 Å². The minimum Gasteiger partial charge on any atom is -0.444 e. The van der Waals surface area contributed by atoms with Gasteiger partial charge in [-0.05, 0) is 54.9 Å². The zero-order valence-corrected chi connectivity index (χ0v) is 20.2. The third-order valence-corrected chi connectivity index (χ3v) is 6.23. The van der Waals surface area contributed by atoms with Crippen molar-refractivity contribution in [2.45, 2.75) is 58.8 Å². The number of carbonyl (C=O) groups excluding carboxylic acids is 1. The van der Waals surface area contributed by atoms with Crippen LogP contribution in [0.4, 0.5) is 4.79 Å². The molecule has 0 aliphatic rings. The number of carbonyl (C=O) groups is 1. The highest BCUT2D eigenvalue weighted by Gasteiger charge is 2.34. The van der Waals surface area contributed by atoms with Gasteiger partial charge < -0.3 is 9.16 Å². The average molecular weight is 436 g/mol. The molecule has 5 heteroatoms. The molecule has 2 atom stereocenters. The highest BCUT2D eigenvalue weighted by molar-refractivity contribution is 6.69. The van der Waals surface area contributed by atoms with Crippen LogP contribution in [-0.2, 0) is 15.8 Å². The first-order chi connectivity index (χ1) is 14.8. The largest absolute Gasteiger partial charge is 0.444 e. The SMILES string of the molecule is CCC(O[Si](C)(C)C)N(C(=O)OCc1ccccc1)[C@@H](C)c1cccc2ccccc12. The number of ether oxygens (including phenoxy) is 1. The molecule has 0 radical (unpaired) electrons. The Balaban J connectivity index is 1.94. The van der Waals surface area contributed by atoms with E-state index in [9.17, 15) is 4.79 Å². The van der Waals surface area contributed by atoms with Crippen molar-refractivity contribution in [3.8, 4) is 0 Å². The average Bonchev–Trinajstić information content (AvgIpc) is 2.76. The molecule has 0 heterocycles. The molecule has 1 unspecified atom stereocenters. The molecule has 0 spiro atoms. The van der Waals surface area contributed by atoms with Crippen LogP contribution in [0.15, 0.2) is 72.8 Å². The second kappa shape index (κ2) is 10.1. The Morgan fingerprint density at radius 2 is 1.58 bits per heavy atom. The molecule has 3 aromatic rings. The topological polar surface area (TPSA) is 38.8 Å². The summed E-state index contributed by atoms with van der Waals surface area (Å²) in [5.74, 6) is 0. The van der Waals surface area contributed by atoms with Crippen molar-refractivity contribution in [2.75, 3.05) is 0 Å². The molecule has 0 aromatic heterocycles. The van der Waals surface area contributed by atoms with Crippen molar-refractivity contribution in [1.82, 2.24) is 4.90 Å². The predicted molar refractivity (Wildman–Crippen MR) is 129 cm³/mol. The molecule has 1 amide bonds. The van der Waals surface area contributed by atoms with Gasteiger partial charge in [0.1, 0.15) is 12.8 Å². The Labute approximate surface area is 186 Å². The maximum absolute atomic E-state index is 13.4. The minimum atomic E-state index is -1.89. The van der Waals surface area contributed by atoms with Crippen LogP contribution >= 0.6 is 0 Å². The van der Waals surface area contributed by atoms with E-state index in [1.165, 1.54) is 0 Å². The lowest BCUT2D eigenvalue weighted by Gasteiger charge is -2.38. The molecule has 0 bridgehead atoms. The Kier molecular flexibility index (Phi) is 7.52. The van der Waals surface area contributed by atoms with Crippen molar-refractivity contribution in [1.29, 1.82) is 0 Å². The van der Waals surface area contributed by atoms with E-state index in [0.717, 1.165) is 21.9 Å². The summed E-state index contributed by atoms with van der Waals surface area (Å²) in [4.78, 5) is 15.2. The summed E-state index contributed by atoms with van der Waals surface area (Å²) in [5, 5.41) is 2.30. The summed E-state index contributed by atoms with van der Waals surface area (Å²) in [7, 11) is -1.89. The van der Waals surface area contributed by atoms with E-state index >= 15 is 0 Å². The van der Waals surface area contributed by atoms with Gasteiger partial charge in [-0.15, -0.1) is 0 Å². The van der Waals surface area contributed by atoms with Crippen LogP contribution in [0.5, 0.6) is 0 Å². The molecular formula is C26H33NO3Si. The van der Waals surface area contributed by atoms with Gasteiger partial charge in [-0.2, -0.15) is 0 Å². The molecule has 3 aromatic carbocycles. The number of amides is 1. The van der Waals surface area contributed by atoms with Gasteiger partial charge in [0.15, 0.2) is 8.32 Å². The first-order valence-corrected chi connectivity index (χ1v) is 14.4. The van der Waals surface area contributed by atoms with Crippen molar-refractivity contribution in [3.63, 3.8) is 0 Å². The van der Waals surface area contributed by atoms with Crippen LogP contribution in [0.2, 0.25) is 19.6 Å². The third-order valence-electron chi connectivity index (χ3n) is 5.26. The highest BCUT2D eigenvalue weighted by Crippen LogP contribution is 2.32. The third kappa shape index (κ3) is 5.96. The second-order valence-electron chi connectivity index (χ2n) is 8.78. The van der Waals surface area contributed by atoms with Crippen LogP contribution < -0.4 is 0 Å². The molecule has 31 heavy (non-hydrogen) atoms. The van der Waals surface area contributed by atoms with Gasteiger partial charge in [0.05, 0.1) is 6.04 Å². The van der Waals surface area contributed by atoms with E-state index in [1.807, 2.05) is 48.5 Å². The number of hydrogen-bond acceptors (Lipinski definition) is 3. The van der Waals surface area contributed by atoms with Crippen molar-refractivity contribution >= 4 is 25.2 Å². The van der Waals surface area contributed by atoms with Gasteiger partial charge in [-0.25, -0.2) is 4.79 Å². The monoisotopic (exact) mass is 435 g/mol. The van der Waals surface area contributed by atoms with Gasteiger partial charge >= 0.3 is 6.09 Å². The quantitative estimate of drug-likeness (QED) is 0.279. The number of benzene rings is 3. The van der Waals surface area contributed by atoms with Gasteiger partial charge in [-0.3, -0.25) is 4.90 Å². The fourth-order valence-corrected chi connectivity index (χ4v) is 4.92. The van der Waals surface area contributed by atoms with E-state index < -0.39 is 8.32 Å². The van der Waals surface area contributed by atoms with E-state index in [1.54, 1.807) is 4.90 Å². The molecule has 0 aliphatic carbocycles. The Morgan fingerprint density at radius 3 is 2.26 bits per heavy atom. The molecule has 0 fully saturated rings. The van der Waals surface area contributed by atoms with Gasteiger partial charge in [0.2, 0.25) is 0 Å². The van der Waals surface area contributed by atoms with E-state index in [-0.39, 0.29) is 25.0 Å². The molecular weight excluding hydrogens is 402 g/mol. The smallest absolute Gasteiger partial charge is 0.412 e. The van der Waals surface area contributed by atoms with Crippen molar-refractivity contribution < 1.29 is 14.0 Å². The second-order valence-corrected chi connectivity index (χ2v) is 13.2. The normalized spacial score (nSPS) is 13.6. The Hall–Kier alpha value is -2.63. The Bertz CT molecular complexity index is 995.